The van der Waals surface area contributed by atoms with Crippen molar-refractivity contribution in [3.05, 3.63) is 35.9 Å². The van der Waals surface area contributed by atoms with Crippen LogP contribution in [0.2, 0.25) is 0 Å². The van der Waals surface area contributed by atoms with Gasteiger partial charge in [0.15, 0.2) is 0 Å². The van der Waals surface area contributed by atoms with Crippen molar-refractivity contribution in [3.8, 4) is 0 Å². The predicted octanol–water partition coefficient (Wildman–Crippen LogP) is 0.767. The van der Waals surface area contributed by atoms with Crippen LogP contribution in [0.15, 0.2) is 30.3 Å². The zero-order chi connectivity index (χ0) is 14.5. The topological polar surface area (TPSA) is 66.6 Å². The van der Waals surface area contributed by atoms with Crippen LogP contribution in [-0.4, -0.2) is 47.8 Å². The van der Waals surface area contributed by atoms with Crippen LogP contribution in [0.1, 0.15) is 24.9 Å². The summed E-state index contributed by atoms with van der Waals surface area (Å²) in [7, 11) is 0. The van der Waals surface area contributed by atoms with Crippen molar-refractivity contribution in [1.29, 1.82) is 0 Å². The van der Waals surface area contributed by atoms with E-state index in [0.29, 0.717) is 26.1 Å². The van der Waals surface area contributed by atoms with Crippen molar-refractivity contribution >= 4 is 11.8 Å². The molecule has 1 aromatic carbocycles. The smallest absolute Gasteiger partial charge is 0.219 e. The highest BCUT2D eigenvalue weighted by Gasteiger charge is 2.29. The Morgan fingerprint density at radius 1 is 1.25 bits per heavy atom. The summed E-state index contributed by atoms with van der Waals surface area (Å²) in [5.74, 6) is -0.189. The van der Waals surface area contributed by atoms with Crippen LogP contribution < -0.4 is 5.73 Å². The molecular weight excluding hydrogens is 254 g/mol. The van der Waals surface area contributed by atoms with Gasteiger partial charge in [-0.05, 0) is 5.56 Å². The van der Waals surface area contributed by atoms with Crippen molar-refractivity contribution in [2.24, 2.45) is 5.73 Å². The molecule has 5 nitrogen and oxygen atoms in total. The van der Waals surface area contributed by atoms with Crippen LogP contribution >= 0.6 is 0 Å². The number of hydrogen-bond donors (Lipinski definition) is 1. The molecule has 1 aromatic rings. The molecule has 2 amide bonds. The Bertz CT molecular complexity index is 475. The van der Waals surface area contributed by atoms with Crippen molar-refractivity contribution in [1.82, 2.24) is 9.80 Å². The lowest BCUT2D eigenvalue weighted by Gasteiger charge is -2.41. The van der Waals surface area contributed by atoms with E-state index in [0.717, 1.165) is 6.54 Å². The lowest BCUT2D eigenvalue weighted by atomic mass is 10.0. The summed E-state index contributed by atoms with van der Waals surface area (Å²) in [4.78, 5) is 26.7. The molecule has 0 unspecified atom stereocenters. The summed E-state index contributed by atoms with van der Waals surface area (Å²) in [6, 6.07) is 10.2. The number of nitrogens with zero attached hydrogens (tertiary/aromatic N) is 2. The van der Waals surface area contributed by atoms with Crippen LogP contribution in [0.4, 0.5) is 0 Å². The maximum Gasteiger partial charge on any atom is 0.219 e. The van der Waals surface area contributed by atoms with E-state index in [1.54, 1.807) is 6.92 Å². The Kier molecular flexibility index (Phi) is 4.74. The minimum atomic E-state index is -0.286. The Hall–Kier alpha value is -1.88. The molecule has 108 valence electrons. The third-order valence-electron chi connectivity index (χ3n) is 3.77. The Morgan fingerprint density at radius 2 is 1.95 bits per heavy atom. The first-order chi connectivity index (χ1) is 9.58. The fourth-order valence-electron chi connectivity index (χ4n) is 2.62. The van der Waals surface area contributed by atoms with Gasteiger partial charge < -0.3 is 10.6 Å². The number of hydrogen-bond acceptors (Lipinski definition) is 3. The number of amides is 2. The molecule has 2 rings (SSSR count). The van der Waals surface area contributed by atoms with Gasteiger partial charge in [0.1, 0.15) is 0 Å². The molecule has 20 heavy (non-hydrogen) atoms. The van der Waals surface area contributed by atoms with Crippen molar-refractivity contribution in [2.45, 2.75) is 19.4 Å². The molecule has 1 aliphatic rings. The first-order valence-electron chi connectivity index (χ1n) is 6.90. The summed E-state index contributed by atoms with van der Waals surface area (Å²) < 4.78 is 0. The number of carbonyl (C=O) groups excluding carboxylic acids is 2. The molecule has 0 bridgehead atoms. The summed E-state index contributed by atoms with van der Waals surface area (Å²) in [6.07, 6.45) is 0.351. The largest absolute Gasteiger partial charge is 0.370 e. The molecule has 0 radical (unpaired) electrons. The van der Waals surface area contributed by atoms with Crippen molar-refractivity contribution < 1.29 is 9.59 Å². The number of piperazine rings is 1. The van der Waals surface area contributed by atoms with Gasteiger partial charge in [0.2, 0.25) is 11.8 Å². The molecular formula is C15H21N3O2. The third-order valence-corrected chi connectivity index (χ3v) is 3.77. The van der Waals surface area contributed by atoms with E-state index in [1.165, 1.54) is 5.56 Å². The van der Waals surface area contributed by atoms with Gasteiger partial charge in [-0.3, -0.25) is 14.5 Å². The van der Waals surface area contributed by atoms with E-state index < -0.39 is 0 Å². The lowest BCUT2D eigenvalue weighted by Crippen LogP contribution is -2.50. The van der Waals surface area contributed by atoms with Crippen LogP contribution in [0.25, 0.3) is 0 Å². The maximum atomic E-state index is 11.6. The van der Waals surface area contributed by atoms with Crippen LogP contribution in [-0.2, 0) is 9.59 Å². The molecule has 0 aliphatic carbocycles. The van der Waals surface area contributed by atoms with Crippen LogP contribution in [0.5, 0.6) is 0 Å². The van der Waals surface area contributed by atoms with Gasteiger partial charge in [-0.15, -0.1) is 0 Å². The van der Waals surface area contributed by atoms with E-state index >= 15 is 0 Å². The fourth-order valence-corrected chi connectivity index (χ4v) is 2.62. The summed E-state index contributed by atoms with van der Waals surface area (Å²) in [5, 5.41) is 0. The normalized spacial score (nSPS) is 19.9. The minimum Gasteiger partial charge on any atom is -0.370 e. The standard InChI is InChI=1S/C15H21N3O2/c1-12(19)18-10-9-17(8-7-15(16)20)14(11-18)13-5-3-2-4-6-13/h2-6,14H,7-11H2,1H3,(H2,16,20)/t14-/m1/s1. The van der Waals surface area contributed by atoms with E-state index in [4.69, 9.17) is 5.73 Å². The van der Waals surface area contributed by atoms with Gasteiger partial charge in [-0.1, -0.05) is 30.3 Å². The fraction of sp³-hybridized carbons (Fsp3) is 0.467. The van der Waals surface area contributed by atoms with Gasteiger partial charge in [-0.25, -0.2) is 0 Å². The zero-order valence-electron chi connectivity index (χ0n) is 11.8. The summed E-state index contributed by atoms with van der Waals surface area (Å²) >= 11 is 0. The van der Waals surface area contributed by atoms with Crippen LogP contribution in [0.3, 0.4) is 0 Å². The molecule has 1 saturated heterocycles. The van der Waals surface area contributed by atoms with Gasteiger partial charge in [0.25, 0.3) is 0 Å². The molecule has 1 fully saturated rings. The molecule has 0 saturated carbocycles. The molecule has 0 aromatic heterocycles. The van der Waals surface area contributed by atoms with Gasteiger partial charge >= 0.3 is 0 Å². The number of benzene rings is 1. The molecule has 1 atom stereocenters. The average Bonchev–Trinajstić information content (AvgIpc) is 2.45. The van der Waals surface area contributed by atoms with Gasteiger partial charge in [0.05, 0.1) is 6.04 Å². The lowest BCUT2D eigenvalue weighted by molar-refractivity contribution is -0.132. The number of carbonyl (C=O) groups is 2. The highest BCUT2D eigenvalue weighted by Crippen LogP contribution is 2.25. The zero-order valence-corrected chi connectivity index (χ0v) is 11.8. The quantitative estimate of drug-likeness (QED) is 0.882. The highest BCUT2D eigenvalue weighted by atomic mass is 16.2. The van der Waals surface area contributed by atoms with Gasteiger partial charge in [0, 0.05) is 39.5 Å². The first-order valence-corrected chi connectivity index (χ1v) is 6.90. The second-order valence-corrected chi connectivity index (χ2v) is 5.14. The molecule has 5 heteroatoms. The van der Waals surface area contributed by atoms with E-state index in [2.05, 4.69) is 17.0 Å². The van der Waals surface area contributed by atoms with Crippen molar-refractivity contribution in [3.63, 3.8) is 0 Å². The van der Waals surface area contributed by atoms with Crippen LogP contribution in [0, 0.1) is 0 Å². The summed E-state index contributed by atoms with van der Waals surface area (Å²) in [5.41, 5.74) is 6.41. The summed E-state index contributed by atoms with van der Waals surface area (Å²) in [6.45, 7) is 4.38. The SMILES string of the molecule is CC(=O)N1CCN(CCC(N)=O)[C@@H](c2ccccc2)C1. The van der Waals surface area contributed by atoms with E-state index in [-0.39, 0.29) is 17.9 Å². The molecule has 0 spiro atoms. The monoisotopic (exact) mass is 275 g/mol. The highest BCUT2D eigenvalue weighted by molar-refractivity contribution is 5.74. The number of nitrogens with two attached hydrogens (primary N) is 1. The predicted molar refractivity (Wildman–Crippen MR) is 76.8 cm³/mol. The maximum absolute atomic E-state index is 11.6. The number of primary amides is 1. The molecule has 1 aliphatic heterocycles. The second-order valence-electron chi connectivity index (χ2n) is 5.14. The Morgan fingerprint density at radius 3 is 2.55 bits per heavy atom. The molecule has 2 N–H and O–H groups in total. The average molecular weight is 275 g/mol. The Labute approximate surface area is 119 Å². The third kappa shape index (κ3) is 3.57. The van der Waals surface area contributed by atoms with Crippen molar-refractivity contribution in [2.75, 3.05) is 26.2 Å². The van der Waals surface area contributed by atoms with E-state index in [1.807, 2.05) is 23.1 Å². The minimum absolute atomic E-state index is 0.0977. The first kappa shape index (κ1) is 14.5. The molecule has 1 heterocycles. The number of rotatable bonds is 4. The van der Waals surface area contributed by atoms with E-state index in [9.17, 15) is 9.59 Å². The Balaban J connectivity index is 2.14. The van der Waals surface area contributed by atoms with Gasteiger partial charge in [-0.2, -0.15) is 0 Å². The second kappa shape index (κ2) is 6.52.